The smallest absolute Gasteiger partial charge is 0.172 e. The molecule has 6 heteroatoms. The molecule has 0 saturated carbocycles. The number of carbonyl (C=O) groups excluding carboxylic acids is 1. The molecule has 0 amide bonds. The lowest BCUT2D eigenvalue weighted by molar-refractivity contribution is 0.111. The lowest BCUT2D eigenvalue weighted by atomic mass is 10.3. The molecule has 1 heterocycles. The van der Waals surface area contributed by atoms with Crippen LogP contribution in [0.15, 0.2) is 0 Å². The molecule has 0 radical (unpaired) electrons. The van der Waals surface area contributed by atoms with Gasteiger partial charge in [-0.05, 0) is 14.1 Å². The van der Waals surface area contributed by atoms with Crippen LogP contribution in [0, 0.1) is 0 Å². The second kappa shape index (κ2) is 5.57. The second-order valence-corrected chi connectivity index (χ2v) is 3.50. The summed E-state index contributed by atoms with van der Waals surface area (Å²) in [5, 5.41) is 7.68. The third-order valence-electron chi connectivity index (χ3n) is 2.02. The Balaban J connectivity index is 2.77. The molecule has 6 nitrogen and oxygen atoms in total. The lowest BCUT2D eigenvalue weighted by Crippen LogP contribution is -2.20. The molecular weight excluding hydrogens is 196 g/mol. The van der Waals surface area contributed by atoms with Gasteiger partial charge < -0.3 is 9.64 Å². The molecular formula is C9H16N4O2. The average Bonchev–Trinajstić information content (AvgIpc) is 2.58. The predicted molar refractivity (Wildman–Crippen MR) is 54.7 cm³/mol. The highest BCUT2D eigenvalue weighted by molar-refractivity contribution is 5.73. The Morgan fingerprint density at radius 3 is 2.80 bits per heavy atom. The van der Waals surface area contributed by atoms with Crippen molar-refractivity contribution in [2.24, 2.45) is 0 Å². The standard InChI is InChI=1S/C9H16N4O2/c1-12(2)4-5-13-9(7-15-3)8(6-14)10-11-13/h6H,4-5,7H2,1-3H3. The maximum Gasteiger partial charge on any atom is 0.172 e. The van der Waals surface area contributed by atoms with Crippen molar-refractivity contribution in [2.75, 3.05) is 27.7 Å². The fraction of sp³-hybridized carbons (Fsp3) is 0.667. The molecule has 0 fully saturated rings. The summed E-state index contributed by atoms with van der Waals surface area (Å²) in [7, 11) is 5.54. The fourth-order valence-corrected chi connectivity index (χ4v) is 1.20. The van der Waals surface area contributed by atoms with Crippen molar-refractivity contribution in [3.8, 4) is 0 Å². The summed E-state index contributed by atoms with van der Waals surface area (Å²) in [4.78, 5) is 12.7. The number of methoxy groups -OCH3 is 1. The third-order valence-corrected chi connectivity index (χ3v) is 2.02. The molecule has 0 aliphatic heterocycles. The van der Waals surface area contributed by atoms with Crippen LogP contribution in [0.4, 0.5) is 0 Å². The van der Waals surface area contributed by atoms with Gasteiger partial charge in [0.1, 0.15) is 0 Å². The molecule has 1 rings (SSSR count). The summed E-state index contributed by atoms with van der Waals surface area (Å²) in [6, 6.07) is 0. The van der Waals surface area contributed by atoms with Crippen molar-refractivity contribution in [2.45, 2.75) is 13.2 Å². The summed E-state index contributed by atoms with van der Waals surface area (Å²) in [6.07, 6.45) is 0.702. The summed E-state index contributed by atoms with van der Waals surface area (Å²) in [5.74, 6) is 0. The first kappa shape index (κ1) is 11.8. The Morgan fingerprint density at radius 2 is 2.27 bits per heavy atom. The van der Waals surface area contributed by atoms with Crippen molar-refractivity contribution in [3.63, 3.8) is 0 Å². The molecule has 1 aromatic heterocycles. The molecule has 0 unspecified atom stereocenters. The normalized spacial score (nSPS) is 10.9. The van der Waals surface area contributed by atoms with Crippen LogP contribution in [0.3, 0.4) is 0 Å². The highest BCUT2D eigenvalue weighted by Gasteiger charge is 2.11. The average molecular weight is 212 g/mol. The molecule has 0 N–H and O–H groups in total. The number of ether oxygens (including phenoxy) is 1. The molecule has 0 saturated heterocycles. The Kier molecular flexibility index (Phi) is 4.38. The zero-order chi connectivity index (χ0) is 11.3. The zero-order valence-corrected chi connectivity index (χ0v) is 9.30. The largest absolute Gasteiger partial charge is 0.378 e. The maximum atomic E-state index is 10.7. The molecule has 0 bridgehead atoms. The van der Waals surface area contributed by atoms with E-state index in [0.29, 0.717) is 25.1 Å². The molecule has 0 aromatic carbocycles. The van der Waals surface area contributed by atoms with Crippen molar-refractivity contribution >= 4 is 6.29 Å². The Morgan fingerprint density at radius 1 is 1.53 bits per heavy atom. The highest BCUT2D eigenvalue weighted by Crippen LogP contribution is 2.04. The van der Waals surface area contributed by atoms with Crippen LogP contribution in [-0.4, -0.2) is 53.9 Å². The number of aromatic nitrogens is 3. The quantitative estimate of drug-likeness (QED) is 0.611. The van der Waals surface area contributed by atoms with E-state index in [9.17, 15) is 4.79 Å². The topological polar surface area (TPSA) is 60.2 Å². The zero-order valence-electron chi connectivity index (χ0n) is 9.30. The van der Waals surface area contributed by atoms with Gasteiger partial charge in [0.25, 0.3) is 0 Å². The minimum absolute atomic E-state index is 0.356. The van der Waals surface area contributed by atoms with Gasteiger partial charge in [0.15, 0.2) is 12.0 Å². The predicted octanol–water partition coefficient (Wildman–Crippen LogP) is -0.201. The molecule has 0 spiro atoms. The van der Waals surface area contributed by atoms with Crippen molar-refractivity contribution in [1.82, 2.24) is 19.9 Å². The van der Waals surface area contributed by atoms with E-state index in [0.717, 1.165) is 12.2 Å². The van der Waals surface area contributed by atoms with Gasteiger partial charge in [0.2, 0.25) is 0 Å². The van der Waals surface area contributed by atoms with E-state index in [1.54, 1.807) is 11.8 Å². The molecule has 84 valence electrons. The SMILES string of the molecule is COCc1c(C=O)nnn1CCN(C)C. The lowest BCUT2D eigenvalue weighted by Gasteiger charge is -2.10. The number of hydrogen-bond acceptors (Lipinski definition) is 5. The number of nitrogens with zero attached hydrogens (tertiary/aromatic N) is 4. The first-order chi connectivity index (χ1) is 7.19. The van der Waals surface area contributed by atoms with Crippen molar-refractivity contribution in [1.29, 1.82) is 0 Å². The molecule has 0 aliphatic rings. The van der Waals surface area contributed by atoms with E-state index < -0.39 is 0 Å². The summed E-state index contributed by atoms with van der Waals surface area (Å²) in [6.45, 7) is 1.90. The number of rotatable bonds is 6. The molecule has 0 aliphatic carbocycles. The summed E-state index contributed by atoms with van der Waals surface area (Å²) >= 11 is 0. The third kappa shape index (κ3) is 3.10. The first-order valence-electron chi connectivity index (χ1n) is 4.70. The van der Waals surface area contributed by atoms with Crippen LogP contribution in [-0.2, 0) is 17.9 Å². The number of hydrogen-bond donors (Lipinski definition) is 0. The Hall–Kier alpha value is -1.27. The van der Waals surface area contributed by atoms with Crippen molar-refractivity contribution < 1.29 is 9.53 Å². The van der Waals surface area contributed by atoms with Gasteiger partial charge in [-0.3, -0.25) is 4.79 Å². The van der Waals surface area contributed by atoms with Crippen LogP contribution in [0.1, 0.15) is 16.2 Å². The number of likely N-dealkylation sites (N-methyl/N-ethyl adjacent to an activating group) is 1. The van der Waals surface area contributed by atoms with Gasteiger partial charge in [0.05, 0.1) is 18.8 Å². The van der Waals surface area contributed by atoms with Crippen LogP contribution in [0.25, 0.3) is 0 Å². The van der Waals surface area contributed by atoms with Gasteiger partial charge >= 0.3 is 0 Å². The van der Waals surface area contributed by atoms with Crippen LogP contribution >= 0.6 is 0 Å². The fourth-order valence-electron chi connectivity index (χ4n) is 1.20. The molecule has 1 aromatic rings. The van der Waals surface area contributed by atoms with E-state index in [-0.39, 0.29) is 0 Å². The van der Waals surface area contributed by atoms with Gasteiger partial charge in [-0.2, -0.15) is 0 Å². The van der Waals surface area contributed by atoms with E-state index in [2.05, 4.69) is 10.3 Å². The minimum Gasteiger partial charge on any atom is -0.378 e. The number of aldehydes is 1. The van der Waals surface area contributed by atoms with Gasteiger partial charge in [-0.1, -0.05) is 5.21 Å². The minimum atomic E-state index is 0.356. The van der Waals surface area contributed by atoms with Gasteiger partial charge in [0, 0.05) is 13.7 Å². The van der Waals surface area contributed by atoms with Crippen LogP contribution in [0.2, 0.25) is 0 Å². The van der Waals surface area contributed by atoms with Crippen LogP contribution in [0.5, 0.6) is 0 Å². The van der Waals surface area contributed by atoms with E-state index >= 15 is 0 Å². The van der Waals surface area contributed by atoms with E-state index in [1.807, 2.05) is 19.0 Å². The molecule has 0 atom stereocenters. The van der Waals surface area contributed by atoms with Crippen LogP contribution < -0.4 is 0 Å². The summed E-state index contributed by atoms with van der Waals surface area (Å²) < 4.78 is 6.70. The highest BCUT2D eigenvalue weighted by atomic mass is 16.5. The van der Waals surface area contributed by atoms with Gasteiger partial charge in [-0.25, -0.2) is 4.68 Å². The number of carbonyl (C=O) groups is 1. The van der Waals surface area contributed by atoms with E-state index in [4.69, 9.17) is 4.74 Å². The van der Waals surface area contributed by atoms with Gasteiger partial charge in [-0.15, -0.1) is 5.10 Å². The Labute approximate surface area is 88.8 Å². The first-order valence-corrected chi connectivity index (χ1v) is 4.70. The maximum absolute atomic E-state index is 10.7. The Bertz CT molecular complexity index is 322. The monoisotopic (exact) mass is 212 g/mol. The molecule has 15 heavy (non-hydrogen) atoms. The summed E-state index contributed by atoms with van der Waals surface area (Å²) in [5.41, 5.74) is 1.09. The second-order valence-electron chi connectivity index (χ2n) is 3.50. The van der Waals surface area contributed by atoms with Crippen molar-refractivity contribution in [3.05, 3.63) is 11.4 Å². The van der Waals surface area contributed by atoms with E-state index in [1.165, 1.54) is 0 Å².